The summed E-state index contributed by atoms with van der Waals surface area (Å²) < 4.78 is 13.1. The van der Waals surface area contributed by atoms with E-state index in [1.165, 1.54) is 26.0 Å². The quantitative estimate of drug-likeness (QED) is 0.613. The number of halogens is 1. The zero-order valence-electron chi connectivity index (χ0n) is 14.9. The Hall–Kier alpha value is -2.52. The molecule has 0 atom stereocenters. The number of nitrogens with zero attached hydrogens (tertiary/aromatic N) is 3. The third kappa shape index (κ3) is 4.42. The number of benzene rings is 2. The molecule has 0 aliphatic carbocycles. The molecular formula is C18H17BrN4O3S. The predicted molar refractivity (Wildman–Crippen MR) is 107 cm³/mol. The van der Waals surface area contributed by atoms with Gasteiger partial charge in [0.1, 0.15) is 22.3 Å². The Kier molecular flexibility index (Phi) is 6.02. The maximum absolute atomic E-state index is 12.6. The molecule has 0 bridgehead atoms. The summed E-state index contributed by atoms with van der Waals surface area (Å²) in [6.45, 7) is 0. The zero-order valence-corrected chi connectivity index (χ0v) is 17.3. The molecule has 0 unspecified atom stereocenters. The lowest BCUT2D eigenvalue weighted by molar-refractivity contribution is 0.102. The standard InChI is InChI=1S/C18H17BrN4O3S/c1-23-10-20-22-18(23)27-13-6-4-12(5-7-13)21-17(24)11-8-14(25-2)16(19)15(9-11)26-3/h4-10H,1-3H3,(H,21,24). The molecule has 0 spiro atoms. The minimum atomic E-state index is -0.257. The van der Waals surface area contributed by atoms with E-state index in [-0.39, 0.29) is 5.91 Å². The highest BCUT2D eigenvalue weighted by atomic mass is 79.9. The van der Waals surface area contributed by atoms with Gasteiger partial charge in [-0.25, -0.2) is 0 Å². The summed E-state index contributed by atoms with van der Waals surface area (Å²) in [6.07, 6.45) is 1.65. The topological polar surface area (TPSA) is 78.3 Å². The molecule has 0 aliphatic heterocycles. The van der Waals surface area contributed by atoms with Crippen molar-refractivity contribution in [2.24, 2.45) is 7.05 Å². The number of aryl methyl sites for hydroxylation is 1. The maximum Gasteiger partial charge on any atom is 0.255 e. The molecule has 3 rings (SSSR count). The van der Waals surface area contributed by atoms with E-state index in [2.05, 4.69) is 31.4 Å². The third-order valence-corrected chi connectivity index (χ3v) is 5.54. The number of amides is 1. The molecule has 2 aromatic carbocycles. The second-order valence-electron chi connectivity index (χ2n) is 5.50. The first-order valence-electron chi connectivity index (χ1n) is 7.86. The van der Waals surface area contributed by atoms with E-state index in [9.17, 15) is 4.79 Å². The summed E-state index contributed by atoms with van der Waals surface area (Å²) in [4.78, 5) is 13.6. The van der Waals surface area contributed by atoms with E-state index in [0.29, 0.717) is 27.2 Å². The normalized spacial score (nSPS) is 10.5. The Labute approximate surface area is 169 Å². The van der Waals surface area contributed by atoms with Gasteiger partial charge in [-0.05, 0) is 64.1 Å². The maximum atomic E-state index is 12.6. The van der Waals surface area contributed by atoms with Crippen LogP contribution in [0.25, 0.3) is 0 Å². The Morgan fingerprint density at radius 2 is 1.78 bits per heavy atom. The number of hydrogen-bond acceptors (Lipinski definition) is 6. The van der Waals surface area contributed by atoms with Gasteiger partial charge in [0.15, 0.2) is 5.16 Å². The highest BCUT2D eigenvalue weighted by Gasteiger charge is 2.15. The third-order valence-electron chi connectivity index (χ3n) is 3.70. The molecule has 1 N–H and O–H groups in total. The number of ether oxygens (including phenoxy) is 2. The van der Waals surface area contributed by atoms with Gasteiger partial charge in [0, 0.05) is 23.2 Å². The number of aromatic nitrogens is 3. The van der Waals surface area contributed by atoms with Gasteiger partial charge in [-0.3, -0.25) is 4.79 Å². The summed E-state index contributed by atoms with van der Waals surface area (Å²) in [7, 11) is 4.96. The van der Waals surface area contributed by atoms with Gasteiger partial charge in [0.25, 0.3) is 5.91 Å². The summed E-state index contributed by atoms with van der Waals surface area (Å²) in [5.74, 6) is 0.789. The average Bonchev–Trinajstić information content (AvgIpc) is 3.08. The first kappa shape index (κ1) is 19.2. The molecule has 0 aliphatic rings. The van der Waals surface area contributed by atoms with E-state index in [0.717, 1.165) is 10.1 Å². The predicted octanol–water partition coefficient (Wildman–Crippen LogP) is 4.00. The zero-order chi connectivity index (χ0) is 19.4. The van der Waals surface area contributed by atoms with Crippen molar-refractivity contribution < 1.29 is 14.3 Å². The van der Waals surface area contributed by atoms with Gasteiger partial charge in [0.05, 0.1) is 14.2 Å². The van der Waals surface area contributed by atoms with E-state index in [1.54, 1.807) is 18.5 Å². The van der Waals surface area contributed by atoms with E-state index < -0.39 is 0 Å². The van der Waals surface area contributed by atoms with Crippen LogP contribution in [-0.4, -0.2) is 34.9 Å². The van der Waals surface area contributed by atoms with E-state index in [4.69, 9.17) is 9.47 Å². The van der Waals surface area contributed by atoms with Crippen molar-refractivity contribution in [1.82, 2.24) is 14.8 Å². The highest BCUT2D eigenvalue weighted by molar-refractivity contribution is 9.10. The van der Waals surface area contributed by atoms with Gasteiger partial charge in [0.2, 0.25) is 0 Å². The molecular weight excluding hydrogens is 432 g/mol. The van der Waals surface area contributed by atoms with Crippen LogP contribution in [0, 0.1) is 0 Å². The van der Waals surface area contributed by atoms with Gasteiger partial charge in [-0.2, -0.15) is 0 Å². The molecule has 140 valence electrons. The Morgan fingerprint density at radius 1 is 1.15 bits per heavy atom. The van der Waals surface area contributed by atoms with Crippen LogP contribution in [0.4, 0.5) is 5.69 Å². The molecule has 3 aromatic rings. The number of hydrogen-bond donors (Lipinski definition) is 1. The molecule has 0 saturated carbocycles. The Bertz CT molecular complexity index is 934. The van der Waals surface area contributed by atoms with Crippen LogP contribution >= 0.6 is 27.7 Å². The molecule has 1 aromatic heterocycles. The number of carbonyl (C=O) groups is 1. The fourth-order valence-electron chi connectivity index (χ4n) is 2.28. The number of rotatable bonds is 6. The van der Waals surface area contributed by atoms with Gasteiger partial charge < -0.3 is 19.4 Å². The minimum Gasteiger partial charge on any atom is -0.495 e. The number of methoxy groups -OCH3 is 2. The molecule has 1 heterocycles. The van der Waals surface area contributed by atoms with Crippen molar-refractivity contribution >= 4 is 39.3 Å². The largest absolute Gasteiger partial charge is 0.495 e. The minimum absolute atomic E-state index is 0.257. The fraction of sp³-hybridized carbons (Fsp3) is 0.167. The van der Waals surface area contributed by atoms with Crippen molar-refractivity contribution in [2.45, 2.75) is 10.1 Å². The molecule has 0 radical (unpaired) electrons. The second-order valence-corrected chi connectivity index (χ2v) is 7.33. The van der Waals surface area contributed by atoms with Crippen LogP contribution in [0.2, 0.25) is 0 Å². The highest BCUT2D eigenvalue weighted by Crippen LogP contribution is 2.36. The van der Waals surface area contributed by atoms with Crippen LogP contribution in [0.15, 0.2) is 57.3 Å². The molecule has 1 amide bonds. The van der Waals surface area contributed by atoms with Crippen LogP contribution < -0.4 is 14.8 Å². The van der Waals surface area contributed by atoms with E-state index in [1.807, 2.05) is 35.9 Å². The molecule has 9 heteroatoms. The summed E-state index contributed by atoms with van der Waals surface area (Å²) in [6, 6.07) is 10.8. The second kappa shape index (κ2) is 8.45. The number of carbonyl (C=O) groups excluding carboxylic acids is 1. The Morgan fingerprint density at radius 3 is 2.30 bits per heavy atom. The average molecular weight is 449 g/mol. The van der Waals surface area contributed by atoms with Gasteiger partial charge in [-0.15, -0.1) is 10.2 Å². The summed E-state index contributed by atoms with van der Waals surface area (Å²) in [5.41, 5.74) is 1.12. The summed E-state index contributed by atoms with van der Waals surface area (Å²) in [5, 5.41) is 11.6. The number of nitrogens with one attached hydrogen (secondary N) is 1. The number of anilines is 1. The van der Waals surface area contributed by atoms with Crippen molar-refractivity contribution in [3.8, 4) is 11.5 Å². The molecule has 0 fully saturated rings. The summed E-state index contributed by atoms with van der Waals surface area (Å²) >= 11 is 4.89. The smallest absolute Gasteiger partial charge is 0.255 e. The van der Waals surface area contributed by atoms with Gasteiger partial charge >= 0.3 is 0 Å². The first-order valence-corrected chi connectivity index (χ1v) is 9.47. The first-order chi connectivity index (χ1) is 13.0. The monoisotopic (exact) mass is 448 g/mol. The van der Waals surface area contributed by atoms with Crippen molar-refractivity contribution in [3.05, 3.63) is 52.8 Å². The van der Waals surface area contributed by atoms with Crippen LogP contribution in [-0.2, 0) is 7.05 Å². The lowest BCUT2D eigenvalue weighted by Gasteiger charge is -2.12. The fourth-order valence-corrected chi connectivity index (χ4v) is 3.60. The lowest BCUT2D eigenvalue weighted by Crippen LogP contribution is -2.12. The van der Waals surface area contributed by atoms with Crippen LogP contribution in [0.1, 0.15) is 10.4 Å². The van der Waals surface area contributed by atoms with Crippen LogP contribution in [0.5, 0.6) is 11.5 Å². The van der Waals surface area contributed by atoms with Crippen molar-refractivity contribution in [2.75, 3.05) is 19.5 Å². The molecule has 27 heavy (non-hydrogen) atoms. The van der Waals surface area contributed by atoms with E-state index >= 15 is 0 Å². The molecule has 7 nitrogen and oxygen atoms in total. The lowest BCUT2D eigenvalue weighted by atomic mass is 10.1. The van der Waals surface area contributed by atoms with Crippen molar-refractivity contribution in [3.63, 3.8) is 0 Å². The molecule has 0 saturated heterocycles. The Balaban J connectivity index is 1.73. The SMILES string of the molecule is COc1cc(C(=O)Nc2ccc(Sc3nncn3C)cc2)cc(OC)c1Br. The van der Waals surface area contributed by atoms with Crippen LogP contribution in [0.3, 0.4) is 0 Å². The van der Waals surface area contributed by atoms with Crippen molar-refractivity contribution in [1.29, 1.82) is 0 Å². The van der Waals surface area contributed by atoms with Gasteiger partial charge in [-0.1, -0.05) is 0 Å².